The fourth-order valence-electron chi connectivity index (χ4n) is 7.70. The smallest absolute Gasteiger partial charge is 0.457 e. The molecule has 0 saturated heterocycles. The molecule has 0 spiro atoms. The molecule has 356 valence electrons. The highest BCUT2D eigenvalue weighted by Gasteiger charge is 2.51. The van der Waals surface area contributed by atoms with Crippen LogP contribution in [-0.2, 0) is 27.9 Å². The molecule has 0 aromatic heterocycles. The average molecular weight is 879 g/mol. The third-order valence-corrected chi connectivity index (χ3v) is 12.6. The van der Waals surface area contributed by atoms with Gasteiger partial charge in [0, 0.05) is 13.0 Å². The second kappa shape index (κ2) is 38.5. The van der Waals surface area contributed by atoms with Crippen LogP contribution in [0.5, 0.6) is 0 Å². The van der Waals surface area contributed by atoms with Crippen LogP contribution < -0.4 is 0 Å². The molecule has 6 unspecified atom stereocenters. The van der Waals surface area contributed by atoms with E-state index >= 15 is 0 Å². The van der Waals surface area contributed by atoms with Gasteiger partial charge in [0.15, 0.2) is 0 Å². The normalized spacial score (nSPS) is 22.3. The van der Waals surface area contributed by atoms with Gasteiger partial charge in [-0.15, -0.1) is 0 Å². The number of hydrogen-bond donors (Lipinski definition) is 6. The number of carbonyl (C=O) groups excluding carboxylic acids is 1. The van der Waals surface area contributed by atoms with Crippen LogP contribution in [0, 0.1) is 0 Å². The molecule has 0 aromatic rings. The summed E-state index contributed by atoms with van der Waals surface area (Å²) in [6.45, 7) is 4.28. The summed E-state index contributed by atoms with van der Waals surface area (Å²) >= 11 is 0. The average Bonchev–Trinajstić information content (AvgIpc) is 3.23. The Kier molecular flexibility index (Phi) is 36.7. The maximum absolute atomic E-state index is 12.8. The topological polar surface area (TPSA) is 192 Å². The molecule has 1 saturated carbocycles. The van der Waals surface area contributed by atoms with Crippen molar-refractivity contribution >= 4 is 13.8 Å². The van der Waals surface area contributed by atoms with Crippen LogP contribution in [-0.4, -0.2) is 98.9 Å². The zero-order valence-electron chi connectivity index (χ0n) is 38.0. The minimum atomic E-state index is -5.01. The Hall–Kier alpha value is -0.920. The van der Waals surface area contributed by atoms with Crippen molar-refractivity contribution < 1.29 is 58.3 Å². The molecule has 6 N–H and O–H groups in total. The summed E-state index contributed by atoms with van der Waals surface area (Å²) in [5.41, 5.74) is 0. The summed E-state index contributed by atoms with van der Waals surface area (Å²) in [5, 5.41) is 50.2. The van der Waals surface area contributed by atoms with Gasteiger partial charge in [0.1, 0.15) is 42.7 Å². The van der Waals surface area contributed by atoms with Crippen molar-refractivity contribution in [3.8, 4) is 0 Å². The van der Waals surface area contributed by atoms with Gasteiger partial charge in [0.2, 0.25) is 0 Å². The van der Waals surface area contributed by atoms with Crippen LogP contribution in [0.15, 0.2) is 12.2 Å². The molecule has 0 amide bonds. The predicted molar refractivity (Wildman–Crippen MR) is 240 cm³/mol. The van der Waals surface area contributed by atoms with Crippen LogP contribution in [0.25, 0.3) is 0 Å². The zero-order chi connectivity index (χ0) is 44.1. The second-order valence-electron chi connectivity index (χ2n) is 17.3. The highest BCUT2D eigenvalue weighted by atomic mass is 31.2. The van der Waals surface area contributed by atoms with Gasteiger partial charge in [-0.2, -0.15) is 0 Å². The quantitative estimate of drug-likeness (QED) is 0.0147. The van der Waals surface area contributed by atoms with Crippen LogP contribution in [0.4, 0.5) is 0 Å². The maximum Gasteiger partial charge on any atom is 0.472 e. The Labute approximate surface area is 365 Å². The Morgan fingerprint density at radius 2 is 0.883 bits per heavy atom. The molecule has 1 rings (SSSR count). The molecule has 6 atom stereocenters. The Morgan fingerprint density at radius 1 is 0.517 bits per heavy atom. The van der Waals surface area contributed by atoms with Gasteiger partial charge in [-0.25, -0.2) is 4.57 Å². The highest BCUT2D eigenvalue weighted by molar-refractivity contribution is 7.47. The minimum Gasteiger partial charge on any atom is -0.457 e. The molecule has 13 heteroatoms. The van der Waals surface area contributed by atoms with Gasteiger partial charge < -0.3 is 39.9 Å². The van der Waals surface area contributed by atoms with Crippen molar-refractivity contribution in [2.45, 2.75) is 262 Å². The first kappa shape index (κ1) is 57.1. The van der Waals surface area contributed by atoms with Crippen LogP contribution in [0.3, 0.4) is 0 Å². The molecule has 1 aliphatic rings. The van der Waals surface area contributed by atoms with Crippen molar-refractivity contribution in [1.82, 2.24) is 0 Å². The molecule has 1 fully saturated rings. The van der Waals surface area contributed by atoms with Gasteiger partial charge in [-0.05, 0) is 38.5 Å². The van der Waals surface area contributed by atoms with E-state index in [1.165, 1.54) is 154 Å². The second-order valence-corrected chi connectivity index (χ2v) is 18.7. The molecule has 0 heterocycles. The fraction of sp³-hybridized carbons (Fsp3) is 0.936. The standard InChI is InChI=1S/C47H91O12P/c1-3-5-7-9-11-13-15-17-19-20-21-22-23-25-27-29-31-33-35-37-56-38-40(39-57-60(54,55)59-47-45(52)43(50)42(49)44(51)46(47)53)58-41(48)36-34-32-30-28-26-24-18-16-14-12-10-8-6-4-2/h19-20,40,42-47,49-53H,3-18,21-39H2,1-2H3,(H,54,55)/b20-19-. The molecule has 1 aliphatic carbocycles. The molecule has 0 aliphatic heterocycles. The van der Waals surface area contributed by atoms with Crippen molar-refractivity contribution in [2.75, 3.05) is 19.8 Å². The largest absolute Gasteiger partial charge is 0.472 e. The van der Waals surface area contributed by atoms with Gasteiger partial charge in [-0.3, -0.25) is 13.8 Å². The lowest BCUT2D eigenvalue weighted by Gasteiger charge is -2.41. The first-order valence-corrected chi connectivity index (χ1v) is 26.0. The summed E-state index contributed by atoms with van der Waals surface area (Å²) in [5.74, 6) is -0.474. The number of aliphatic hydroxyl groups excluding tert-OH is 5. The number of ether oxygens (including phenoxy) is 2. The first-order chi connectivity index (χ1) is 29.0. The Morgan fingerprint density at radius 3 is 1.32 bits per heavy atom. The molecule has 0 bridgehead atoms. The summed E-state index contributed by atoms with van der Waals surface area (Å²) in [6.07, 6.45) is 29.9. The molecule has 60 heavy (non-hydrogen) atoms. The minimum absolute atomic E-state index is 0.0731. The van der Waals surface area contributed by atoms with Gasteiger partial charge in [0.05, 0.1) is 13.2 Å². The van der Waals surface area contributed by atoms with Gasteiger partial charge in [-0.1, -0.05) is 187 Å². The maximum atomic E-state index is 12.8. The lowest BCUT2D eigenvalue weighted by molar-refractivity contribution is -0.220. The van der Waals surface area contributed by atoms with Crippen LogP contribution in [0.1, 0.15) is 219 Å². The van der Waals surface area contributed by atoms with E-state index in [2.05, 4.69) is 26.0 Å². The van der Waals surface area contributed by atoms with E-state index in [0.29, 0.717) is 13.0 Å². The fourth-order valence-corrected chi connectivity index (χ4v) is 8.68. The molecule has 12 nitrogen and oxygen atoms in total. The van der Waals surface area contributed by atoms with E-state index in [0.717, 1.165) is 38.5 Å². The van der Waals surface area contributed by atoms with E-state index < -0.39 is 63.1 Å². The van der Waals surface area contributed by atoms with Crippen molar-refractivity contribution in [2.24, 2.45) is 0 Å². The zero-order valence-corrected chi connectivity index (χ0v) is 38.9. The Bertz CT molecular complexity index is 1050. The summed E-state index contributed by atoms with van der Waals surface area (Å²) in [7, 11) is -5.01. The van der Waals surface area contributed by atoms with Crippen LogP contribution >= 0.6 is 7.82 Å². The molecule has 0 radical (unpaired) electrons. The number of rotatable bonds is 42. The van der Waals surface area contributed by atoms with Crippen molar-refractivity contribution in [3.63, 3.8) is 0 Å². The number of allylic oxidation sites excluding steroid dienone is 2. The molecule has 0 aromatic carbocycles. The predicted octanol–water partition coefficient (Wildman–Crippen LogP) is 10.3. The van der Waals surface area contributed by atoms with Crippen molar-refractivity contribution in [3.05, 3.63) is 12.2 Å². The van der Waals surface area contributed by atoms with Crippen LogP contribution in [0.2, 0.25) is 0 Å². The third-order valence-electron chi connectivity index (χ3n) is 11.6. The summed E-state index contributed by atoms with van der Waals surface area (Å²) < 4.78 is 34.2. The highest BCUT2D eigenvalue weighted by Crippen LogP contribution is 2.47. The number of phosphoric acid groups is 1. The van der Waals surface area contributed by atoms with E-state index in [9.17, 15) is 39.8 Å². The molecular weight excluding hydrogens is 787 g/mol. The summed E-state index contributed by atoms with van der Waals surface area (Å²) in [4.78, 5) is 23.2. The first-order valence-electron chi connectivity index (χ1n) is 24.5. The number of hydrogen-bond acceptors (Lipinski definition) is 11. The lowest BCUT2D eigenvalue weighted by atomic mass is 9.85. The Balaban J connectivity index is 2.35. The SMILES string of the molecule is CCCCCCCCC/C=C\CCCCCCCCCCOCC(COP(=O)(O)OC1C(O)C(O)C(O)C(O)C1O)OC(=O)CCCCCCCCCCCCCCCC. The van der Waals surface area contributed by atoms with E-state index in [-0.39, 0.29) is 13.0 Å². The van der Waals surface area contributed by atoms with Gasteiger partial charge >= 0.3 is 13.8 Å². The number of esters is 1. The van der Waals surface area contributed by atoms with E-state index in [1.54, 1.807) is 0 Å². The van der Waals surface area contributed by atoms with Crippen molar-refractivity contribution in [1.29, 1.82) is 0 Å². The monoisotopic (exact) mass is 879 g/mol. The number of phosphoric ester groups is 1. The summed E-state index contributed by atoms with van der Waals surface area (Å²) in [6, 6.07) is 0. The van der Waals surface area contributed by atoms with E-state index in [1.807, 2.05) is 0 Å². The van der Waals surface area contributed by atoms with E-state index in [4.69, 9.17) is 18.5 Å². The van der Waals surface area contributed by atoms with Gasteiger partial charge in [0.25, 0.3) is 0 Å². The lowest BCUT2D eigenvalue weighted by Crippen LogP contribution is -2.64. The molecular formula is C47H91O12P. The number of unbranched alkanes of at least 4 members (excludes halogenated alkanes) is 28. The number of aliphatic hydroxyl groups is 5. The third kappa shape index (κ3) is 30.2. The number of carbonyl (C=O) groups is 1.